The van der Waals surface area contributed by atoms with Gasteiger partial charge in [0.2, 0.25) is 11.1 Å². The highest BCUT2D eigenvalue weighted by atomic mass is 35.5. The molecule has 0 radical (unpaired) electrons. The highest BCUT2D eigenvalue weighted by Crippen LogP contribution is 2.24. The number of ether oxygens (including phenoxy) is 1. The van der Waals surface area contributed by atoms with Crippen LogP contribution in [0.4, 0.5) is 4.39 Å². The van der Waals surface area contributed by atoms with E-state index in [1.54, 1.807) is 18.2 Å². The average molecular weight is 488 g/mol. The van der Waals surface area contributed by atoms with Gasteiger partial charge in [0.15, 0.2) is 5.82 Å². The van der Waals surface area contributed by atoms with Crippen molar-refractivity contribution in [2.45, 2.75) is 18.3 Å². The smallest absolute Gasteiger partial charge is 0.230 e. The summed E-state index contributed by atoms with van der Waals surface area (Å²) in [6.07, 6.45) is 0. The van der Waals surface area contributed by atoms with Crippen molar-refractivity contribution in [3.63, 3.8) is 0 Å². The van der Waals surface area contributed by atoms with Gasteiger partial charge < -0.3 is 20.3 Å². The summed E-state index contributed by atoms with van der Waals surface area (Å²) in [6.45, 7) is 0.301. The van der Waals surface area contributed by atoms with E-state index in [1.807, 2.05) is 18.2 Å². The van der Waals surface area contributed by atoms with Crippen LogP contribution in [0.25, 0.3) is 11.3 Å². The molecule has 2 aromatic carbocycles. The van der Waals surface area contributed by atoms with Gasteiger partial charge in [0, 0.05) is 10.6 Å². The number of nitrogens with zero attached hydrogens (tertiary/aromatic N) is 3. The van der Waals surface area contributed by atoms with E-state index in [9.17, 15) is 9.18 Å². The molecule has 0 unspecified atom stereocenters. The Morgan fingerprint density at radius 3 is 2.64 bits per heavy atom. The Bertz CT molecular complexity index is 1230. The zero-order chi connectivity index (χ0) is 23.2. The van der Waals surface area contributed by atoms with Crippen molar-refractivity contribution in [2.75, 3.05) is 11.6 Å². The molecule has 0 aliphatic rings. The van der Waals surface area contributed by atoms with Gasteiger partial charge in [0.05, 0.1) is 12.3 Å². The molecular formula is C22H19ClFN5O3S. The summed E-state index contributed by atoms with van der Waals surface area (Å²) < 4.78 is 25.5. The van der Waals surface area contributed by atoms with Gasteiger partial charge in [-0.1, -0.05) is 23.4 Å². The van der Waals surface area contributed by atoms with E-state index in [4.69, 9.17) is 26.6 Å². The molecule has 4 aromatic rings. The highest BCUT2D eigenvalue weighted by molar-refractivity contribution is 7.99. The van der Waals surface area contributed by atoms with Crippen LogP contribution in [0, 0.1) is 5.82 Å². The third-order valence-corrected chi connectivity index (χ3v) is 5.69. The van der Waals surface area contributed by atoms with Crippen molar-refractivity contribution in [2.24, 2.45) is 0 Å². The van der Waals surface area contributed by atoms with Crippen LogP contribution in [-0.2, 0) is 17.9 Å². The van der Waals surface area contributed by atoms with Gasteiger partial charge in [-0.3, -0.25) is 4.79 Å². The Hall–Kier alpha value is -3.50. The number of furan rings is 1. The first-order valence-corrected chi connectivity index (χ1v) is 11.2. The van der Waals surface area contributed by atoms with Crippen LogP contribution < -0.4 is 15.9 Å². The molecular weight excluding hydrogens is 469 g/mol. The van der Waals surface area contributed by atoms with Crippen LogP contribution in [0.15, 0.2) is 70.2 Å². The number of halogens is 2. The van der Waals surface area contributed by atoms with Crippen LogP contribution in [0.3, 0.4) is 0 Å². The molecule has 1 amide bonds. The second kappa shape index (κ2) is 10.4. The molecule has 8 nitrogen and oxygen atoms in total. The molecule has 4 rings (SSSR count). The van der Waals surface area contributed by atoms with Gasteiger partial charge in [-0.05, 0) is 60.7 Å². The summed E-state index contributed by atoms with van der Waals surface area (Å²) in [6, 6.07) is 16.5. The third kappa shape index (κ3) is 6.05. The Kier molecular flexibility index (Phi) is 7.16. The number of nitrogens with one attached hydrogen (secondary N) is 1. The van der Waals surface area contributed by atoms with Gasteiger partial charge in [-0.15, -0.1) is 10.2 Å². The molecule has 170 valence electrons. The zero-order valence-electron chi connectivity index (χ0n) is 17.2. The van der Waals surface area contributed by atoms with Gasteiger partial charge in [0.1, 0.15) is 29.7 Å². The fourth-order valence-corrected chi connectivity index (χ4v) is 3.62. The standard InChI is InChI=1S/C22H19ClFN5O3S/c23-15-3-1-14(2-4-15)19-10-9-18(32-19)11-26-21(30)13-33-22-28-27-20(29(22)25)12-31-17-7-5-16(24)6-8-17/h1-10H,11-13,25H2,(H,26,30). The molecule has 0 saturated heterocycles. The lowest BCUT2D eigenvalue weighted by molar-refractivity contribution is -0.118. The molecule has 3 N–H and O–H groups in total. The van der Waals surface area contributed by atoms with Crippen molar-refractivity contribution in [3.8, 4) is 17.1 Å². The molecule has 11 heteroatoms. The van der Waals surface area contributed by atoms with Crippen molar-refractivity contribution in [1.29, 1.82) is 0 Å². The van der Waals surface area contributed by atoms with E-state index < -0.39 is 0 Å². The van der Waals surface area contributed by atoms with E-state index in [-0.39, 0.29) is 30.6 Å². The molecule has 0 atom stereocenters. The number of benzene rings is 2. The molecule has 2 aromatic heterocycles. The lowest BCUT2D eigenvalue weighted by Gasteiger charge is -2.06. The minimum Gasteiger partial charge on any atom is -0.486 e. The maximum Gasteiger partial charge on any atom is 0.230 e. The van der Waals surface area contributed by atoms with Gasteiger partial charge in [-0.2, -0.15) is 0 Å². The minimum absolute atomic E-state index is 0.0519. The van der Waals surface area contributed by atoms with Crippen molar-refractivity contribution in [1.82, 2.24) is 20.2 Å². The maximum atomic E-state index is 13.0. The van der Waals surface area contributed by atoms with Crippen LogP contribution in [0.5, 0.6) is 5.75 Å². The summed E-state index contributed by atoms with van der Waals surface area (Å²) >= 11 is 7.05. The first kappa shape index (κ1) is 22.7. The number of nitrogen functional groups attached to an aromatic ring is 1. The van der Waals surface area contributed by atoms with Crippen LogP contribution >= 0.6 is 23.4 Å². The monoisotopic (exact) mass is 487 g/mol. The van der Waals surface area contributed by atoms with E-state index in [2.05, 4.69) is 15.5 Å². The largest absolute Gasteiger partial charge is 0.486 e. The predicted octanol–water partition coefficient (Wildman–Crippen LogP) is 4.03. The normalized spacial score (nSPS) is 10.8. The molecule has 0 bridgehead atoms. The third-order valence-electron chi connectivity index (χ3n) is 4.50. The second-order valence-corrected chi connectivity index (χ2v) is 8.23. The number of carbonyl (C=O) groups excluding carboxylic acids is 1. The lowest BCUT2D eigenvalue weighted by atomic mass is 10.2. The first-order valence-electron chi connectivity index (χ1n) is 9.80. The van der Waals surface area contributed by atoms with Crippen molar-refractivity contribution in [3.05, 3.63) is 83.1 Å². The minimum atomic E-state index is -0.352. The van der Waals surface area contributed by atoms with Crippen molar-refractivity contribution < 1.29 is 18.3 Å². The number of amides is 1. The zero-order valence-corrected chi connectivity index (χ0v) is 18.8. The summed E-state index contributed by atoms with van der Waals surface area (Å²) in [7, 11) is 0. The van der Waals surface area contributed by atoms with E-state index in [0.29, 0.717) is 33.3 Å². The highest BCUT2D eigenvalue weighted by Gasteiger charge is 2.13. The predicted molar refractivity (Wildman–Crippen MR) is 123 cm³/mol. The molecule has 2 heterocycles. The molecule has 0 aliphatic heterocycles. The summed E-state index contributed by atoms with van der Waals surface area (Å²) in [4.78, 5) is 12.2. The fraction of sp³-hybridized carbons (Fsp3) is 0.136. The molecule has 0 fully saturated rings. The summed E-state index contributed by atoms with van der Waals surface area (Å²) in [5, 5.41) is 11.8. The van der Waals surface area contributed by atoms with Crippen molar-refractivity contribution >= 4 is 29.3 Å². The van der Waals surface area contributed by atoms with Gasteiger partial charge >= 0.3 is 0 Å². The number of carbonyl (C=O) groups is 1. The Balaban J connectivity index is 1.24. The van der Waals surface area contributed by atoms with E-state index >= 15 is 0 Å². The number of nitrogens with two attached hydrogens (primary N) is 1. The topological polar surface area (TPSA) is 108 Å². The summed E-state index contributed by atoms with van der Waals surface area (Å²) in [5.74, 6) is 7.68. The van der Waals surface area contributed by atoms with E-state index in [0.717, 1.165) is 17.3 Å². The van der Waals surface area contributed by atoms with Crippen LogP contribution in [-0.4, -0.2) is 26.5 Å². The number of hydrogen-bond donors (Lipinski definition) is 2. The number of hydrogen-bond acceptors (Lipinski definition) is 7. The lowest BCUT2D eigenvalue weighted by Crippen LogP contribution is -2.25. The quantitative estimate of drug-likeness (QED) is 0.271. The fourth-order valence-electron chi connectivity index (χ4n) is 2.79. The summed E-state index contributed by atoms with van der Waals surface area (Å²) in [5.41, 5.74) is 0.897. The number of aromatic nitrogens is 3. The first-order chi connectivity index (χ1) is 16.0. The van der Waals surface area contributed by atoms with E-state index in [1.165, 1.54) is 28.9 Å². The van der Waals surface area contributed by atoms with Gasteiger partial charge in [-0.25, -0.2) is 9.07 Å². The Morgan fingerprint density at radius 1 is 1.12 bits per heavy atom. The maximum absolute atomic E-state index is 13.0. The Labute approximate surface area is 197 Å². The molecule has 0 spiro atoms. The van der Waals surface area contributed by atoms with Crippen LogP contribution in [0.2, 0.25) is 5.02 Å². The molecule has 0 saturated carbocycles. The Morgan fingerprint density at radius 2 is 1.88 bits per heavy atom. The second-order valence-electron chi connectivity index (χ2n) is 6.85. The molecule has 33 heavy (non-hydrogen) atoms. The SMILES string of the molecule is Nn1c(COc2ccc(F)cc2)nnc1SCC(=O)NCc1ccc(-c2ccc(Cl)cc2)o1. The molecule has 0 aliphatic carbocycles. The average Bonchev–Trinajstić information content (AvgIpc) is 3.43. The number of thioether (sulfide) groups is 1. The number of rotatable bonds is 9. The van der Waals surface area contributed by atoms with Gasteiger partial charge in [0.25, 0.3) is 0 Å². The van der Waals surface area contributed by atoms with Crippen LogP contribution in [0.1, 0.15) is 11.6 Å².